The molecule has 0 amide bonds. The molecule has 0 unspecified atom stereocenters. The first-order valence-electron chi connectivity index (χ1n) is 9.08. The zero-order valence-electron chi connectivity index (χ0n) is 16.1. The van der Waals surface area contributed by atoms with Crippen LogP contribution in [0.1, 0.15) is 25.8 Å². The van der Waals surface area contributed by atoms with Gasteiger partial charge in [-0.2, -0.15) is 0 Å². The van der Waals surface area contributed by atoms with E-state index in [9.17, 15) is 10.0 Å². The Morgan fingerprint density at radius 2 is 1.96 bits per heavy atom. The highest BCUT2D eigenvalue weighted by atomic mass is 35.5. The van der Waals surface area contributed by atoms with Crippen LogP contribution in [0.3, 0.4) is 0 Å². The Bertz CT molecular complexity index is 998. The number of methoxy groups -OCH3 is 1. The third kappa shape index (κ3) is 4.07. The van der Waals surface area contributed by atoms with E-state index in [1.54, 1.807) is 29.9 Å². The van der Waals surface area contributed by atoms with E-state index in [0.717, 1.165) is 12.0 Å². The van der Waals surface area contributed by atoms with Gasteiger partial charge >= 0.3 is 0 Å². The van der Waals surface area contributed by atoms with Gasteiger partial charge in [0.25, 0.3) is 0 Å². The highest BCUT2D eigenvalue weighted by molar-refractivity contribution is 6.31. The van der Waals surface area contributed by atoms with Crippen LogP contribution in [0, 0.1) is 10.8 Å². The fourth-order valence-corrected chi connectivity index (χ4v) is 3.23. The molecule has 3 rings (SSSR count). The summed E-state index contributed by atoms with van der Waals surface area (Å²) in [7, 11) is 1.59. The van der Waals surface area contributed by atoms with Crippen LogP contribution in [0.2, 0.25) is 5.02 Å². The number of fused-ring (bicyclic) bond motifs is 1. The van der Waals surface area contributed by atoms with Crippen LogP contribution >= 0.6 is 11.6 Å². The molecule has 0 aliphatic carbocycles. The lowest BCUT2D eigenvalue weighted by molar-refractivity contribution is 0.273. The number of rotatable bonds is 8. The first-order chi connectivity index (χ1) is 13.4. The minimum atomic E-state index is -0.191. The van der Waals surface area contributed by atoms with Gasteiger partial charge in [-0.1, -0.05) is 31.5 Å². The lowest BCUT2D eigenvalue weighted by Gasteiger charge is -2.14. The summed E-state index contributed by atoms with van der Waals surface area (Å²) >= 11 is 6.02. The lowest BCUT2D eigenvalue weighted by Crippen LogP contribution is -2.04. The topological polar surface area (TPSA) is 73.0 Å². The molecule has 6 nitrogen and oxygen atoms in total. The predicted molar refractivity (Wildman–Crippen MR) is 111 cm³/mol. The molecule has 0 saturated heterocycles. The number of halogens is 1. The van der Waals surface area contributed by atoms with Crippen molar-refractivity contribution in [2.45, 2.75) is 26.8 Å². The molecule has 0 saturated carbocycles. The average Bonchev–Trinajstić information content (AvgIpc) is 2.92. The number of aromatic nitrogens is 1. The molecule has 28 heavy (non-hydrogen) atoms. The molecule has 0 fully saturated rings. The van der Waals surface area contributed by atoms with Crippen LogP contribution in [0.5, 0.6) is 17.4 Å². The molecule has 0 atom stereocenters. The van der Waals surface area contributed by atoms with Crippen molar-refractivity contribution in [1.29, 1.82) is 0 Å². The fourth-order valence-electron chi connectivity index (χ4n) is 3.06. The van der Waals surface area contributed by atoms with E-state index in [2.05, 4.69) is 19.0 Å². The Hall–Kier alpha value is -2.73. The van der Waals surface area contributed by atoms with Crippen molar-refractivity contribution < 1.29 is 14.6 Å². The highest BCUT2D eigenvalue weighted by Crippen LogP contribution is 2.40. The molecule has 1 aromatic heterocycles. The Balaban J connectivity index is 1.92. The minimum Gasteiger partial charge on any atom is -0.493 e. The Morgan fingerprint density at radius 3 is 2.64 bits per heavy atom. The summed E-state index contributed by atoms with van der Waals surface area (Å²) in [5.74, 6) is 1.66. The highest BCUT2D eigenvalue weighted by Gasteiger charge is 2.18. The molecule has 148 valence electrons. The molecule has 7 heteroatoms. The lowest BCUT2D eigenvalue weighted by atomic mass is 10.1. The van der Waals surface area contributed by atoms with Crippen LogP contribution in [0.25, 0.3) is 10.9 Å². The second-order valence-corrected chi connectivity index (χ2v) is 7.46. The standard InChI is InChI=1S/C21H23ClN2O4/c1-13(2)8-9-28-18-7-4-14(10-19(18)27-3)12-24-17-6-5-15(22)11-16(17)20(23-26)21(24)25/h4-7,10-11,13,25H,8-9,12H2,1-3H3. The van der Waals surface area contributed by atoms with E-state index in [1.165, 1.54) is 0 Å². The molecule has 0 bridgehead atoms. The van der Waals surface area contributed by atoms with Crippen molar-refractivity contribution in [2.24, 2.45) is 11.1 Å². The van der Waals surface area contributed by atoms with Crippen LogP contribution in [-0.2, 0) is 6.54 Å². The summed E-state index contributed by atoms with van der Waals surface area (Å²) < 4.78 is 12.9. The van der Waals surface area contributed by atoms with Gasteiger partial charge in [0.2, 0.25) is 5.88 Å². The van der Waals surface area contributed by atoms with Gasteiger partial charge in [-0.15, -0.1) is 4.91 Å². The van der Waals surface area contributed by atoms with Gasteiger partial charge in [0.1, 0.15) is 0 Å². The number of benzene rings is 2. The summed E-state index contributed by atoms with van der Waals surface area (Å²) in [5, 5.41) is 14.4. The van der Waals surface area contributed by atoms with Gasteiger partial charge in [0.05, 0.1) is 25.8 Å². The van der Waals surface area contributed by atoms with E-state index in [-0.39, 0.29) is 11.6 Å². The number of hydrogen-bond acceptors (Lipinski definition) is 5. The van der Waals surface area contributed by atoms with Crippen molar-refractivity contribution in [3.63, 3.8) is 0 Å². The maximum atomic E-state index is 11.2. The fraction of sp³-hybridized carbons (Fsp3) is 0.333. The van der Waals surface area contributed by atoms with Gasteiger partial charge in [-0.3, -0.25) is 0 Å². The smallest absolute Gasteiger partial charge is 0.222 e. The van der Waals surface area contributed by atoms with Crippen molar-refractivity contribution in [3.8, 4) is 17.4 Å². The molecule has 1 N–H and O–H groups in total. The van der Waals surface area contributed by atoms with Crippen molar-refractivity contribution in [2.75, 3.05) is 13.7 Å². The maximum absolute atomic E-state index is 11.2. The van der Waals surface area contributed by atoms with Gasteiger partial charge < -0.3 is 19.1 Å². The number of aromatic hydroxyl groups is 1. The van der Waals surface area contributed by atoms with E-state index in [1.807, 2.05) is 18.2 Å². The second-order valence-electron chi connectivity index (χ2n) is 7.03. The monoisotopic (exact) mass is 402 g/mol. The number of hydrogen-bond donors (Lipinski definition) is 1. The van der Waals surface area contributed by atoms with Crippen LogP contribution in [0.15, 0.2) is 41.6 Å². The Morgan fingerprint density at radius 1 is 1.18 bits per heavy atom. The number of nitroso groups, excluding NO2 is 1. The largest absolute Gasteiger partial charge is 0.493 e. The van der Waals surface area contributed by atoms with Gasteiger partial charge in [0.15, 0.2) is 17.2 Å². The summed E-state index contributed by atoms with van der Waals surface area (Å²) in [5.41, 5.74) is 1.54. The summed E-state index contributed by atoms with van der Waals surface area (Å²) in [6, 6.07) is 10.7. The maximum Gasteiger partial charge on any atom is 0.222 e. The van der Waals surface area contributed by atoms with Crippen LogP contribution in [0.4, 0.5) is 5.69 Å². The average molecular weight is 403 g/mol. The van der Waals surface area contributed by atoms with E-state index >= 15 is 0 Å². The molecule has 0 spiro atoms. The van der Waals surface area contributed by atoms with Crippen molar-refractivity contribution >= 4 is 28.2 Å². The van der Waals surface area contributed by atoms with Crippen molar-refractivity contribution in [3.05, 3.63) is 51.9 Å². The molecule has 1 heterocycles. The van der Waals surface area contributed by atoms with Crippen LogP contribution in [-0.4, -0.2) is 23.4 Å². The summed E-state index contributed by atoms with van der Waals surface area (Å²) in [6.07, 6.45) is 0.957. The van der Waals surface area contributed by atoms with Gasteiger partial charge in [-0.05, 0) is 53.4 Å². The number of ether oxygens (including phenoxy) is 2. The van der Waals surface area contributed by atoms with E-state index in [0.29, 0.717) is 46.5 Å². The quantitative estimate of drug-likeness (QED) is 0.477. The Labute approximate surface area is 168 Å². The molecule has 0 aliphatic rings. The molecule has 0 aliphatic heterocycles. The predicted octanol–water partition coefficient (Wildman–Crippen LogP) is 5.88. The zero-order chi connectivity index (χ0) is 20.3. The third-order valence-electron chi connectivity index (χ3n) is 4.58. The molecule has 0 radical (unpaired) electrons. The zero-order valence-corrected chi connectivity index (χ0v) is 16.9. The van der Waals surface area contributed by atoms with E-state index in [4.69, 9.17) is 21.1 Å². The first kappa shape index (κ1) is 20.0. The van der Waals surface area contributed by atoms with Crippen LogP contribution < -0.4 is 9.47 Å². The van der Waals surface area contributed by atoms with Gasteiger partial charge in [-0.25, -0.2) is 0 Å². The molecular formula is C21H23ClN2O4. The number of nitrogens with zero attached hydrogens (tertiary/aromatic N) is 2. The SMILES string of the molecule is COc1cc(Cn2c(O)c(N=O)c3cc(Cl)ccc32)ccc1OCCC(C)C. The third-order valence-corrected chi connectivity index (χ3v) is 4.82. The molecule has 3 aromatic rings. The normalized spacial score (nSPS) is 11.2. The second kappa shape index (κ2) is 8.52. The van der Waals surface area contributed by atoms with E-state index < -0.39 is 0 Å². The molecular weight excluding hydrogens is 380 g/mol. The summed E-state index contributed by atoms with van der Waals surface area (Å²) in [4.78, 5) is 11.2. The minimum absolute atomic E-state index is 0.0156. The first-order valence-corrected chi connectivity index (χ1v) is 9.46. The van der Waals surface area contributed by atoms with Crippen molar-refractivity contribution in [1.82, 2.24) is 4.57 Å². The molecule has 2 aromatic carbocycles. The Kier molecular flexibility index (Phi) is 6.09. The van der Waals surface area contributed by atoms with Gasteiger partial charge in [0, 0.05) is 10.4 Å². The summed E-state index contributed by atoms with van der Waals surface area (Å²) in [6.45, 7) is 5.24.